The number of aliphatic hydroxyl groups is 1. The van der Waals surface area contributed by atoms with Crippen LogP contribution in [0.25, 0.3) is 0 Å². The van der Waals surface area contributed by atoms with Gasteiger partial charge in [-0.25, -0.2) is 0 Å². The second-order valence-corrected chi connectivity index (χ2v) is 4.60. The quantitative estimate of drug-likeness (QED) is 0.565. The number of methoxy groups -OCH3 is 1. The molecule has 0 radical (unpaired) electrons. The maximum Gasteiger partial charge on any atom is 0.324 e. The standard InChI is InChI=1S/C10H14N2O5S/c1-17-6-7(4-5-13)11-10(14)8-2-3-9(18-8)12(15)16/h2-3,7,13H,4-6H2,1H3,(H,11,14). The van der Waals surface area contributed by atoms with Gasteiger partial charge in [0.1, 0.15) is 0 Å². The monoisotopic (exact) mass is 274 g/mol. The molecule has 7 nitrogen and oxygen atoms in total. The van der Waals surface area contributed by atoms with E-state index < -0.39 is 10.8 Å². The van der Waals surface area contributed by atoms with Gasteiger partial charge in [0, 0.05) is 19.8 Å². The van der Waals surface area contributed by atoms with E-state index in [2.05, 4.69) is 5.32 Å². The normalized spacial score (nSPS) is 12.1. The number of nitro groups is 1. The van der Waals surface area contributed by atoms with Gasteiger partial charge in [-0.1, -0.05) is 11.3 Å². The zero-order valence-corrected chi connectivity index (χ0v) is 10.6. The van der Waals surface area contributed by atoms with Crippen LogP contribution in [0.4, 0.5) is 5.00 Å². The summed E-state index contributed by atoms with van der Waals surface area (Å²) in [6.45, 7) is 0.207. The van der Waals surface area contributed by atoms with Gasteiger partial charge in [-0.2, -0.15) is 0 Å². The van der Waals surface area contributed by atoms with Crippen molar-refractivity contribution in [1.82, 2.24) is 5.32 Å². The number of nitrogens with one attached hydrogen (secondary N) is 1. The third kappa shape index (κ3) is 4.06. The second kappa shape index (κ2) is 7.04. The molecule has 1 rings (SSSR count). The highest BCUT2D eigenvalue weighted by Crippen LogP contribution is 2.23. The number of carbonyl (C=O) groups is 1. The summed E-state index contributed by atoms with van der Waals surface area (Å²) in [6, 6.07) is 2.38. The van der Waals surface area contributed by atoms with Crippen LogP contribution in [0.3, 0.4) is 0 Å². The van der Waals surface area contributed by atoms with Crippen molar-refractivity contribution < 1.29 is 19.6 Å². The number of amides is 1. The SMILES string of the molecule is COCC(CCO)NC(=O)c1ccc([N+](=O)[O-])s1. The van der Waals surface area contributed by atoms with Gasteiger partial charge in [0.2, 0.25) is 0 Å². The Labute approximate surface area is 108 Å². The maximum absolute atomic E-state index is 11.8. The fourth-order valence-corrected chi connectivity index (χ4v) is 2.08. The number of nitrogens with zero attached hydrogens (tertiary/aromatic N) is 1. The Bertz CT molecular complexity index is 414. The predicted octanol–water partition coefficient (Wildman–Crippen LogP) is 0.783. The first kappa shape index (κ1) is 14.6. The molecule has 0 aliphatic rings. The first-order chi connectivity index (χ1) is 8.58. The van der Waals surface area contributed by atoms with Crippen LogP contribution in [-0.2, 0) is 4.74 Å². The minimum atomic E-state index is -0.540. The first-order valence-electron chi connectivity index (χ1n) is 5.23. The third-order valence-electron chi connectivity index (χ3n) is 2.18. The summed E-state index contributed by atoms with van der Waals surface area (Å²) in [5, 5.41) is 21.9. The summed E-state index contributed by atoms with van der Waals surface area (Å²) in [4.78, 5) is 22.0. The largest absolute Gasteiger partial charge is 0.396 e. The van der Waals surface area contributed by atoms with E-state index >= 15 is 0 Å². The van der Waals surface area contributed by atoms with Gasteiger partial charge in [-0.15, -0.1) is 0 Å². The zero-order valence-electron chi connectivity index (χ0n) is 9.79. The third-order valence-corrected chi connectivity index (χ3v) is 3.21. The van der Waals surface area contributed by atoms with E-state index in [1.807, 2.05) is 0 Å². The van der Waals surface area contributed by atoms with E-state index in [1.54, 1.807) is 0 Å². The molecular weight excluding hydrogens is 260 g/mol. The molecule has 0 aromatic carbocycles. The fraction of sp³-hybridized carbons (Fsp3) is 0.500. The van der Waals surface area contributed by atoms with E-state index in [1.165, 1.54) is 19.2 Å². The van der Waals surface area contributed by atoms with Crippen molar-refractivity contribution in [1.29, 1.82) is 0 Å². The van der Waals surface area contributed by atoms with Crippen molar-refractivity contribution in [2.75, 3.05) is 20.3 Å². The smallest absolute Gasteiger partial charge is 0.324 e. The highest BCUT2D eigenvalue weighted by Gasteiger charge is 2.18. The number of carbonyl (C=O) groups excluding carboxylic acids is 1. The first-order valence-corrected chi connectivity index (χ1v) is 6.05. The lowest BCUT2D eigenvalue weighted by atomic mass is 10.2. The Morgan fingerprint density at radius 3 is 2.89 bits per heavy atom. The van der Waals surface area contributed by atoms with Crippen molar-refractivity contribution in [2.45, 2.75) is 12.5 Å². The average Bonchev–Trinajstić information content (AvgIpc) is 2.79. The van der Waals surface area contributed by atoms with Gasteiger partial charge >= 0.3 is 5.00 Å². The Morgan fingerprint density at radius 2 is 2.39 bits per heavy atom. The molecule has 18 heavy (non-hydrogen) atoms. The molecule has 0 spiro atoms. The number of hydrogen-bond acceptors (Lipinski definition) is 6. The Balaban J connectivity index is 2.64. The summed E-state index contributed by atoms with van der Waals surface area (Å²) in [7, 11) is 1.49. The van der Waals surface area contributed by atoms with Gasteiger partial charge in [0.25, 0.3) is 5.91 Å². The molecule has 1 unspecified atom stereocenters. The molecule has 0 aliphatic heterocycles. The summed E-state index contributed by atoms with van der Waals surface area (Å²) < 4.78 is 4.91. The number of hydrogen-bond donors (Lipinski definition) is 2. The van der Waals surface area contributed by atoms with Gasteiger partial charge in [-0.05, 0) is 12.5 Å². The molecule has 0 aliphatic carbocycles. The summed E-state index contributed by atoms with van der Waals surface area (Å²) in [5.41, 5.74) is 0. The second-order valence-electron chi connectivity index (χ2n) is 3.53. The van der Waals surface area contributed by atoms with Crippen LogP contribution in [0.1, 0.15) is 16.1 Å². The lowest BCUT2D eigenvalue weighted by Crippen LogP contribution is -2.38. The highest BCUT2D eigenvalue weighted by atomic mass is 32.1. The van der Waals surface area contributed by atoms with Crippen LogP contribution >= 0.6 is 11.3 Å². The molecule has 8 heteroatoms. The van der Waals surface area contributed by atoms with Crippen LogP contribution in [-0.4, -0.2) is 42.3 Å². The van der Waals surface area contributed by atoms with Crippen LogP contribution in [0, 0.1) is 10.1 Å². The number of rotatable bonds is 7. The lowest BCUT2D eigenvalue weighted by molar-refractivity contribution is -0.380. The summed E-state index contributed by atoms with van der Waals surface area (Å²) >= 11 is 0.813. The van der Waals surface area contributed by atoms with Crippen LogP contribution < -0.4 is 5.32 Å². The van der Waals surface area contributed by atoms with Crippen LogP contribution in [0.15, 0.2) is 12.1 Å². The van der Waals surface area contributed by atoms with Gasteiger partial charge in [0.05, 0.1) is 22.4 Å². The average molecular weight is 274 g/mol. The molecule has 1 atom stereocenters. The molecule has 0 saturated carbocycles. The predicted molar refractivity (Wildman–Crippen MR) is 65.8 cm³/mol. The summed E-state index contributed by atoms with van der Waals surface area (Å²) in [5.74, 6) is -0.399. The van der Waals surface area contributed by atoms with Crippen molar-refractivity contribution in [3.8, 4) is 0 Å². The molecule has 1 aromatic rings. The molecular formula is C10H14N2O5S. The minimum Gasteiger partial charge on any atom is -0.396 e. The maximum atomic E-state index is 11.8. The van der Waals surface area contributed by atoms with Crippen molar-refractivity contribution in [2.24, 2.45) is 0 Å². The van der Waals surface area contributed by atoms with Crippen molar-refractivity contribution in [3.05, 3.63) is 27.1 Å². The molecule has 1 aromatic heterocycles. The summed E-state index contributed by atoms with van der Waals surface area (Å²) in [6.07, 6.45) is 0.368. The molecule has 100 valence electrons. The van der Waals surface area contributed by atoms with E-state index in [-0.39, 0.29) is 29.1 Å². The van der Waals surface area contributed by atoms with Gasteiger partial charge < -0.3 is 15.2 Å². The Morgan fingerprint density at radius 1 is 1.67 bits per heavy atom. The lowest BCUT2D eigenvalue weighted by Gasteiger charge is -2.15. The Hall–Kier alpha value is -1.51. The number of thiophene rings is 1. The van der Waals surface area contributed by atoms with Crippen LogP contribution in [0.5, 0.6) is 0 Å². The minimum absolute atomic E-state index is 0.0705. The van der Waals surface area contributed by atoms with Crippen molar-refractivity contribution in [3.63, 3.8) is 0 Å². The zero-order chi connectivity index (χ0) is 13.5. The van der Waals surface area contributed by atoms with E-state index in [0.29, 0.717) is 6.42 Å². The topological polar surface area (TPSA) is 102 Å². The van der Waals surface area contributed by atoms with E-state index in [0.717, 1.165) is 11.3 Å². The van der Waals surface area contributed by atoms with E-state index in [4.69, 9.17) is 9.84 Å². The van der Waals surface area contributed by atoms with Gasteiger partial charge in [-0.3, -0.25) is 14.9 Å². The molecule has 0 saturated heterocycles. The fourth-order valence-electron chi connectivity index (χ4n) is 1.36. The molecule has 0 fully saturated rings. The number of ether oxygens (including phenoxy) is 1. The highest BCUT2D eigenvalue weighted by molar-refractivity contribution is 7.17. The van der Waals surface area contributed by atoms with E-state index in [9.17, 15) is 14.9 Å². The molecule has 0 bridgehead atoms. The van der Waals surface area contributed by atoms with Gasteiger partial charge in [0.15, 0.2) is 0 Å². The number of aliphatic hydroxyl groups excluding tert-OH is 1. The molecule has 1 heterocycles. The van der Waals surface area contributed by atoms with Crippen molar-refractivity contribution >= 4 is 22.2 Å². The molecule has 2 N–H and O–H groups in total. The Kier molecular flexibility index (Phi) is 5.69. The molecule has 1 amide bonds. The van der Waals surface area contributed by atoms with Crippen LogP contribution in [0.2, 0.25) is 0 Å².